The highest BCUT2D eigenvalue weighted by molar-refractivity contribution is 5.76. The number of carbonyl (C=O) groups is 1. The Bertz CT molecular complexity index is 417. The van der Waals surface area contributed by atoms with E-state index in [4.69, 9.17) is 5.73 Å². The van der Waals surface area contributed by atoms with Crippen molar-refractivity contribution < 1.29 is 4.79 Å². The van der Waals surface area contributed by atoms with E-state index in [0.717, 1.165) is 12.1 Å². The van der Waals surface area contributed by atoms with E-state index >= 15 is 0 Å². The molecule has 5 heteroatoms. The average molecular weight is 266 g/mol. The number of nitrogens with two attached hydrogens (primary N) is 1. The summed E-state index contributed by atoms with van der Waals surface area (Å²) in [6, 6.07) is -0.0788. The molecule has 108 valence electrons. The Kier molecular flexibility index (Phi) is 5.11. The van der Waals surface area contributed by atoms with Gasteiger partial charge in [0.05, 0.1) is 12.0 Å². The molecule has 1 unspecified atom stereocenters. The molecule has 0 bridgehead atoms. The van der Waals surface area contributed by atoms with Gasteiger partial charge in [-0.3, -0.25) is 4.79 Å². The van der Waals surface area contributed by atoms with Crippen molar-refractivity contribution >= 4 is 5.91 Å². The van der Waals surface area contributed by atoms with Gasteiger partial charge in [0, 0.05) is 17.8 Å². The Morgan fingerprint density at radius 3 is 2.63 bits per heavy atom. The Hall–Kier alpha value is -1.36. The number of amides is 1. The largest absolute Gasteiger partial charge is 0.350 e. The van der Waals surface area contributed by atoms with Crippen LogP contribution in [-0.2, 0) is 11.3 Å². The topological polar surface area (TPSA) is 72.9 Å². The van der Waals surface area contributed by atoms with Crippen molar-refractivity contribution in [3.05, 3.63) is 18.2 Å². The van der Waals surface area contributed by atoms with Gasteiger partial charge >= 0.3 is 0 Å². The fourth-order valence-electron chi connectivity index (χ4n) is 2.01. The number of nitrogens with one attached hydrogen (secondary N) is 1. The lowest BCUT2D eigenvalue weighted by Crippen LogP contribution is -2.42. The van der Waals surface area contributed by atoms with Crippen LogP contribution in [0.5, 0.6) is 0 Å². The van der Waals surface area contributed by atoms with Crippen molar-refractivity contribution in [2.24, 2.45) is 11.7 Å². The smallest absolute Gasteiger partial charge is 0.240 e. The molecule has 1 rings (SSSR count). The van der Waals surface area contributed by atoms with E-state index in [-0.39, 0.29) is 24.0 Å². The molecule has 5 nitrogen and oxygen atoms in total. The molecule has 1 aromatic heterocycles. The van der Waals surface area contributed by atoms with Crippen LogP contribution in [0.3, 0.4) is 0 Å². The molecule has 19 heavy (non-hydrogen) atoms. The van der Waals surface area contributed by atoms with Crippen molar-refractivity contribution in [1.29, 1.82) is 0 Å². The normalized spacial score (nSPS) is 13.6. The van der Waals surface area contributed by atoms with E-state index in [2.05, 4.69) is 24.1 Å². The van der Waals surface area contributed by atoms with Crippen molar-refractivity contribution in [3.8, 4) is 0 Å². The van der Waals surface area contributed by atoms with E-state index < -0.39 is 0 Å². The van der Waals surface area contributed by atoms with Crippen LogP contribution in [0.25, 0.3) is 0 Å². The van der Waals surface area contributed by atoms with Crippen LogP contribution >= 0.6 is 0 Å². The summed E-state index contributed by atoms with van der Waals surface area (Å²) < 4.78 is 1.83. The second kappa shape index (κ2) is 6.19. The number of hydrogen-bond acceptors (Lipinski definition) is 3. The van der Waals surface area contributed by atoms with Crippen molar-refractivity contribution in [3.63, 3.8) is 0 Å². The minimum atomic E-state index is -0.224. The number of carbonyl (C=O) groups excluding carboxylic acids is 1. The van der Waals surface area contributed by atoms with Gasteiger partial charge in [-0.1, -0.05) is 13.8 Å². The second-order valence-corrected chi connectivity index (χ2v) is 6.48. The summed E-state index contributed by atoms with van der Waals surface area (Å²) in [5, 5.41) is 2.94. The van der Waals surface area contributed by atoms with Crippen LogP contribution in [0.1, 0.15) is 52.8 Å². The molecule has 0 radical (unpaired) electrons. The Morgan fingerprint density at radius 2 is 2.11 bits per heavy atom. The molecule has 1 amide bonds. The molecule has 0 spiro atoms. The molecule has 0 fully saturated rings. The lowest BCUT2D eigenvalue weighted by Gasteiger charge is -2.22. The summed E-state index contributed by atoms with van der Waals surface area (Å²) in [6.45, 7) is 10.4. The van der Waals surface area contributed by atoms with Crippen LogP contribution in [0.4, 0.5) is 0 Å². The maximum Gasteiger partial charge on any atom is 0.240 e. The summed E-state index contributed by atoms with van der Waals surface area (Å²) in [4.78, 5) is 16.0. The van der Waals surface area contributed by atoms with E-state index in [1.165, 1.54) is 0 Å². The first kappa shape index (κ1) is 15.7. The molecule has 0 saturated heterocycles. The SMILES string of the molecule is CC(C)CC(N)c1cncn1CC(=O)NC(C)(C)C. The average Bonchev–Trinajstić information content (AvgIpc) is 2.61. The molecule has 0 aliphatic heterocycles. The van der Waals surface area contributed by atoms with Gasteiger partial charge in [-0.2, -0.15) is 0 Å². The van der Waals surface area contributed by atoms with Crippen LogP contribution < -0.4 is 11.1 Å². The first-order valence-electron chi connectivity index (χ1n) is 6.75. The number of rotatable bonds is 5. The lowest BCUT2D eigenvalue weighted by atomic mass is 10.0. The van der Waals surface area contributed by atoms with Crippen molar-refractivity contribution in [2.45, 2.75) is 59.2 Å². The van der Waals surface area contributed by atoms with Crippen molar-refractivity contribution in [1.82, 2.24) is 14.9 Å². The summed E-state index contributed by atoms with van der Waals surface area (Å²) >= 11 is 0. The summed E-state index contributed by atoms with van der Waals surface area (Å²) in [5.74, 6) is 0.491. The summed E-state index contributed by atoms with van der Waals surface area (Å²) in [7, 11) is 0. The predicted octanol–water partition coefficient (Wildman–Crippen LogP) is 1.84. The van der Waals surface area contributed by atoms with Crippen LogP contribution in [0, 0.1) is 5.92 Å². The monoisotopic (exact) mass is 266 g/mol. The number of nitrogens with zero attached hydrogens (tertiary/aromatic N) is 2. The van der Waals surface area contributed by atoms with Gasteiger partial charge in [0.25, 0.3) is 0 Å². The van der Waals surface area contributed by atoms with Gasteiger partial charge in [0.15, 0.2) is 0 Å². The van der Waals surface area contributed by atoms with Gasteiger partial charge in [0.2, 0.25) is 5.91 Å². The van der Waals surface area contributed by atoms with E-state index in [9.17, 15) is 4.79 Å². The molecular formula is C14H26N4O. The molecule has 0 saturated carbocycles. The Morgan fingerprint density at radius 1 is 1.47 bits per heavy atom. The first-order chi connectivity index (χ1) is 8.69. The zero-order chi connectivity index (χ0) is 14.6. The lowest BCUT2D eigenvalue weighted by molar-refractivity contribution is -0.123. The fourth-order valence-corrected chi connectivity index (χ4v) is 2.01. The van der Waals surface area contributed by atoms with Crippen LogP contribution in [-0.4, -0.2) is 21.0 Å². The number of hydrogen-bond donors (Lipinski definition) is 2. The summed E-state index contributed by atoms with van der Waals surface area (Å²) in [6.07, 6.45) is 4.29. The minimum Gasteiger partial charge on any atom is -0.350 e. The molecule has 0 aromatic carbocycles. The van der Waals surface area contributed by atoms with Gasteiger partial charge in [-0.05, 0) is 33.1 Å². The first-order valence-corrected chi connectivity index (χ1v) is 6.75. The third kappa shape index (κ3) is 5.42. The minimum absolute atomic E-state index is 0.0245. The fraction of sp³-hybridized carbons (Fsp3) is 0.714. The third-order valence-electron chi connectivity index (χ3n) is 2.68. The highest BCUT2D eigenvalue weighted by Gasteiger charge is 2.17. The third-order valence-corrected chi connectivity index (χ3v) is 2.68. The molecule has 1 heterocycles. The Balaban J connectivity index is 2.70. The molecule has 1 atom stereocenters. The molecule has 1 aromatic rings. The van der Waals surface area contributed by atoms with E-state index in [0.29, 0.717) is 5.92 Å². The highest BCUT2D eigenvalue weighted by Crippen LogP contribution is 2.18. The van der Waals surface area contributed by atoms with Gasteiger partial charge < -0.3 is 15.6 Å². The maximum absolute atomic E-state index is 11.9. The quantitative estimate of drug-likeness (QED) is 0.854. The Labute approximate surface area is 115 Å². The van der Waals surface area contributed by atoms with Gasteiger partial charge in [-0.15, -0.1) is 0 Å². The standard InChI is InChI=1S/C14H26N4O/c1-10(2)6-11(15)12-7-16-9-18(12)8-13(19)17-14(3,4)5/h7,9-11H,6,8,15H2,1-5H3,(H,17,19). The van der Waals surface area contributed by atoms with E-state index in [1.54, 1.807) is 12.5 Å². The molecule has 0 aliphatic rings. The van der Waals surface area contributed by atoms with Crippen LogP contribution in [0.2, 0.25) is 0 Å². The molecule has 3 N–H and O–H groups in total. The molecule has 0 aliphatic carbocycles. The molecular weight excluding hydrogens is 240 g/mol. The van der Waals surface area contributed by atoms with Gasteiger partial charge in [0.1, 0.15) is 6.54 Å². The summed E-state index contributed by atoms with van der Waals surface area (Å²) in [5.41, 5.74) is 6.84. The number of imidazole rings is 1. The van der Waals surface area contributed by atoms with Crippen molar-refractivity contribution in [2.75, 3.05) is 0 Å². The van der Waals surface area contributed by atoms with E-state index in [1.807, 2.05) is 25.3 Å². The maximum atomic E-state index is 11.9. The zero-order valence-electron chi connectivity index (χ0n) is 12.6. The zero-order valence-corrected chi connectivity index (χ0v) is 12.6. The van der Waals surface area contributed by atoms with Gasteiger partial charge in [-0.25, -0.2) is 4.98 Å². The van der Waals surface area contributed by atoms with Crippen LogP contribution in [0.15, 0.2) is 12.5 Å². The second-order valence-electron chi connectivity index (χ2n) is 6.48. The number of aromatic nitrogens is 2. The highest BCUT2D eigenvalue weighted by atomic mass is 16.2. The predicted molar refractivity (Wildman–Crippen MR) is 76.5 cm³/mol.